The minimum atomic E-state index is -0.719. The van der Waals surface area contributed by atoms with E-state index in [1.165, 1.54) is 0 Å². The number of hydrogen-bond acceptors (Lipinski definition) is 6. The molecule has 2 aliphatic heterocycles. The number of ether oxygens (including phenoxy) is 5. The topological polar surface area (TPSA) is 66.4 Å². The van der Waals surface area contributed by atoms with E-state index in [9.17, 15) is 5.11 Å². The first kappa shape index (κ1) is 27.3. The van der Waals surface area contributed by atoms with Crippen LogP contribution in [0.15, 0.2) is 43.0 Å². The van der Waals surface area contributed by atoms with Gasteiger partial charge in [0.05, 0.1) is 36.6 Å². The lowest BCUT2D eigenvalue weighted by Crippen LogP contribution is -2.52. The lowest BCUT2D eigenvalue weighted by atomic mass is 9.86. The standard InChI is InChI=1S/C28H44O6/c1-7-11-23-17-25(33-26(2,3)31-23)16-22(29)18-28(6)19-24(32-27(4,5)34-28)14-15-30-20-21-12-9-8-10-13-21/h7-10,12-13,22-25,29H,1,11,14-20H2,2-6H3/t22?,23-,24-,25+,28+/m0/s1. The molecule has 1 aromatic rings. The van der Waals surface area contributed by atoms with Gasteiger partial charge in [-0.05, 0) is 59.4 Å². The molecule has 0 aromatic heterocycles. The molecular weight excluding hydrogens is 432 g/mol. The smallest absolute Gasteiger partial charge is 0.163 e. The zero-order valence-corrected chi connectivity index (χ0v) is 21.6. The molecule has 6 nitrogen and oxygen atoms in total. The van der Waals surface area contributed by atoms with E-state index in [-0.39, 0.29) is 18.3 Å². The number of rotatable bonds is 11. The molecule has 0 spiro atoms. The first-order valence-electron chi connectivity index (χ1n) is 12.6. The van der Waals surface area contributed by atoms with Crippen molar-refractivity contribution in [2.24, 2.45) is 0 Å². The van der Waals surface area contributed by atoms with Crippen LogP contribution in [0.4, 0.5) is 0 Å². The van der Waals surface area contributed by atoms with Crippen molar-refractivity contribution in [2.45, 2.75) is 121 Å². The van der Waals surface area contributed by atoms with Gasteiger partial charge in [0.2, 0.25) is 0 Å². The molecule has 1 unspecified atom stereocenters. The van der Waals surface area contributed by atoms with Crippen LogP contribution in [0.5, 0.6) is 0 Å². The summed E-state index contributed by atoms with van der Waals surface area (Å²) in [6.07, 6.45) is 5.42. The maximum Gasteiger partial charge on any atom is 0.163 e. The van der Waals surface area contributed by atoms with E-state index in [0.717, 1.165) is 24.8 Å². The van der Waals surface area contributed by atoms with Crippen LogP contribution < -0.4 is 0 Å². The fourth-order valence-electron chi connectivity index (χ4n) is 5.43. The number of hydrogen-bond donors (Lipinski definition) is 1. The van der Waals surface area contributed by atoms with Crippen LogP contribution >= 0.6 is 0 Å². The molecule has 34 heavy (non-hydrogen) atoms. The van der Waals surface area contributed by atoms with Gasteiger partial charge in [-0.3, -0.25) is 0 Å². The van der Waals surface area contributed by atoms with E-state index in [1.807, 2.05) is 52.0 Å². The van der Waals surface area contributed by atoms with E-state index >= 15 is 0 Å². The highest BCUT2D eigenvalue weighted by molar-refractivity contribution is 5.13. The highest BCUT2D eigenvalue weighted by Gasteiger charge is 2.44. The highest BCUT2D eigenvalue weighted by atomic mass is 16.7. The van der Waals surface area contributed by atoms with Gasteiger partial charge in [-0.1, -0.05) is 36.4 Å². The Bertz CT molecular complexity index is 763. The van der Waals surface area contributed by atoms with Gasteiger partial charge in [0.15, 0.2) is 11.6 Å². The van der Waals surface area contributed by atoms with Crippen LogP contribution in [0.1, 0.15) is 78.7 Å². The average Bonchev–Trinajstić information content (AvgIpc) is 2.69. The van der Waals surface area contributed by atoms with Crippen LogP contribution in [0.25, 0.3) is 0 Å². The molecule has 0 bridgehead atoms. The molecule has 1 N–H and O–H groups in total. The van der Waals surface area contributed by atoms with Crippen LogP contribution in [-0.2, 0) is 30.3 Å². The fraction of sp³-hybridized carbons (Fsp3) is 0.714. The average molecular weight is 477 g/mol. The second-order valence-corrected chi connectivity index (χ2v) is 11.0. The van der Waals surface area contributed by atoms with Crippen molar-refractivity contribution in [2.75, 3.05) is 6.61 Å². The van der Waals surface area contributed by atoms with Crippen molar-refractivity contribution in [3.63, 3.8) is 0 Å². The molecule has 2 aliphatic rings. The second-order valence-electron chi connectivity index (χ2n) is 11.0. The van der Waals surface area contributed by atoms with E-state index in [2.05, 4.69) is 25.6 Å². The van der Waals surface area contributed by atoms with Crippen molar-refractivity contribution in [3.05, 3.63) is 48.6 Å². The Morgan fingerprint density at radius 1 is 1.03 bits per heavy atom. The number of aliphatic hydroxyl groups excluding tert-OH is 1. The van der Waals surface area contributed by atoms with Gasteiger partial charge in [0.25, 0.3) is 0 Å². The predicted molar refractivity (Wildman–Crippen MR) is 132 cm³/mol. The first-order valence-corrected chi connectivity index (χ1v) is 12.6. The predicted octanol–water partition coefficient (Wildman–Crippen LogP) is 5.52. The summed E-state index contributed by atoms with van der Waals surface area (Å²) in [6.45, 7) is 14.9. The van der Waals surface area contributed by atoms with Gasteiger partial charge in [0.1, 0.15) is 0 Å². The minimum absolute atomic E-state index is 0.00644. The zero-order valence-electron chi connectivity index (χ0n) is 21.6. The van der Waals surface area contributed by atoms with E-state index < -0.39 is 23.3 Å². The molecule has 2 heterocycles. The molecule has 1 aromatic carbocycles. The molecule has 2 fully saturated rings. The van der Waals surface area contributed by atoms with Gasteiger partial charge in [-0.2, -0.15) is 0 Å². The van der Waals surface area contributed by atoms with E-state index in [4.69, 9.17) is 23.7 Å². The summed E-state index contributed by atoms with van der Waals surface area (Å²) in [4.78, 5) is 0. The molecule has 192 valence electrons. The quantitative estimate of drug-likeness (QED) is 0.335. The lowest BCUT2D eigenvalue weighted by molar-refractivity contribution is -0.336. The molecule has 2 saturated heterocycles. The first-order chi connectivity index (χ1) is 16.0. The molecule has 0 radical (unpaired) electrons. The van der Waals surface area contributed by atoms with Crippen LogP contribution in [0.2, 0.25) is 0 Å². The van der Waals surface area contributed by atoms with Gasteiger partial charge >= 0.3 is 0 Å². The maximum absolute atomic E-state index is 11.0. The van der Waals surface area contributed by atoms with Crippen LogP contribution in [-0.4, -0.2) is 53.3 Å². The largest absolute Gasteiger partial charge is 0.393 e. The molecule has 0 aliphatic carbocycles. The molecule has 0 saturated carbocycles. The Hall–Kier alpha value is -1.28. The fourth-order valence-corrected chi connectivity index (χ4v) is 5.43. The molecular formula is C28H44O6. The number of aliphatic hydroxyl groups is 1. The van der Waals surface area contributed by atoms with Crippen LogP contribution in [0.3, 0.4) is 0 Å². The van der Waals surface area contributed by atoms with Gasteiger partial charge in [0, 0.05) is 25.9 Å². The Kier molecular flexibility index (Phi) is 9.35. The lowest BCUT2D eigenvalue weighted by Gasteiger charge is -2.48. The van der Waals surface area contributed by atoms with E-state index in [1.54, 1.807) is 0 Å². The third kappa shape index (κ3) is 8.74. The summed E-state index contributed by atoms with van der Waals surface area (Å²) >= 11 is 0. The molecule has 0 amide bonds. The Labute approximate surface area is 205 Å². The minimum Gasteiger partial charge on any atom is -0.393 e. The Morgan fingerprint density at radius 3 is 2.41 bits per heavy atom. The van der Waals surface area contributed by atoms with Gasteiger partial charge < -0.3 is 28.8 Å². The van der Waals surface area contributed by atoms with Crippen molar-refractivity contribution in [1.29, 1.82) is 0 Å². The van der Waals surface area contributed by atoms with Crippen molar-refractivity contribution < 1.29 is 28.8 Å². The third-order valence-corrected chi connectivity index (χ3v) is 6.36. The summed E-state index contributed by atoms with van der Waals surface area (Å²) in [7, 11) is 0. The van der Waals surface area contributed by atoms with Gasteiger partial charge in [-0.15, -0.1) is 6.58 Å². The van der Waals surface area contributed by atoms with Crippen LogP contribution in [0, 0.1) is 0 Å². The monoisotopic (exact) mass is 476 g/mol. The van der Waals surface area contributed by atoms with E-state index in [0.29, 0.717) is 32.5 Å². The normalized spacial score (nSPS) is 31.6. The summed E-state index contributed by atoms with van der Waals surface area (Å²) < 4.78 is 30.5. The summed E-state index contributed by atoms with van der Waals surface area (Å²) in [6, 6.07) is 10.2. The zero-order chi connectivity index (χ0) is 24.8. The maximum atomic E-state index is 11.0. The third-order valence-electron chi connectivity index (χ3n) is 6.36. The summed E-state index contributed by atoms with van der Waals surface area (Å²) in [5, 5.41) is 11.0. The highest BCUT2D eigenvalue weighted by Crippen LogP contribution is 2.39. The van der Waals surface area contributed by atoms with Crippen molar-refractivity contribution in [1.82, 2.24) is 0 Å². The van der Waals surface area contributed by atoms with Gasteiger partial charge in [-0.25, -0.2) is 0 Å². The Balaban J connectivity index is 1.51. The second kappa shape index (κ2) is 11.6. The van der Waals surface area contributed by atoms with Crippen molar-refractivity contribution in [3.8, 4) is 0 Å². The molecule has 6 heteroatoms. The Morgan fingerprint density at radius 2 is 1.71 bits per heavy atom. The number of benzene rings is 1. The summed E-state index contributed by atoms with van der Waals surface area (Å²) in [5.74, 6) is -1.38. The molecule has 5 atom stereocenters. The summed E-state index contributed by atoms with van der Waals surface area (Å²) in [5.41, 5.74) is 0.671. The SMILES string of the molecule is C=CC[C@H]1C[C@@H](CC(O)C[C@]2(C)C[C@H](CCOCc3ccccc3)OC(C)(C)O2)OC(C)(C)O1. The molecule has 3 rings (SSSR count). The van der Waals surface area contributed by atoms with Crippen molar-refractivity contribution >= 4 is 0 Å².